The lowest BCUT2D eigenvalue weighted by molar-refractivity contribution is -0.148. The molecule has 0 aromatic carbocycles. The molecular formula is C32H43F6N3O7. The highest BCUT2D eigenvalue weighted by Crippen LogP contribution is 2.33. The van der Waals surface area contributed by atoms with E-state index in [1.165, 1.54) is 0 Å². The summed E-state index contributed by atoms with van der Waals surface area (Å²) in [5.41, 5.74) is -4.28. The average molecular weight is 696 g/mol. The minimum Gasteiger partial charge on any atom is -0.464 e. The summed E-state index contributed by atoms with van der Waals surface area (Å²) in [4.78, 5) is 60.8. The SMILES string of the molecule is CCCC(C(=O)OCC)n1cc(CC=O)c(C(F)(F)F)cc1=O.CCCC(C(=O)OCC)n1cc(CCN(C)C)c(C(F)(F)F)cc1=O. The molecule has 2 aromatic heterocycles. The highest BCUT2D eigenvalue weighted by atomic mass is 19.4. The fourth-order valence-electron chi connectivity index (χ4n) is 4.76. The van der Waals surface area contributed by atoms with Crippen LogP contribution in [-0.4, -0.2) is 66.1 Å². The molecule has 0 saturated heterocycles. The summed E-state index contributed by atoms with van der Waals surface area (Å²) in [6.07, 6.45) is -5.68. The van der Waals surface area contributed by atoms with E-state index in [2.05, 4.69) is 0 Å². The largest absolute Gasteiger partial charge is 0.464 e. The van der Waals surface area contributed by atoms with E-state index in [0.717, 1.165) is 21.5 Å². The molecule has 2 heterocycles. The van der Waals surface area contributed by atoms with Gasteiger partial charge >= 0.3 is 24.3 Å². The number of carbonyl (C=O) groups excluding carboxylic acids is 3. The number of carbonyl (C=O) groups is 3. The number of rotatable bonds is 15. The number of hydrogen-bond acceptors (Lipinski definition) is 8. The van der Waals surface area contributed by atoms with Gasteiger partial charge in [-0.2, -0.15) is 26.3 Å². The van der Waals surface area contributed by atoms with Crippen LogP contribution in [-0.2, 0) is 49.1 Å². The minimum absolute atomic E-state index is 0.00815. The molecule has 0 N–H and O–H groups in total. The zero-order valence-electron chi connectivity index (χ0n) is 27.9. The van der Waals surface area contributed by atoms with Crippen molar-refractivity contribution in [1.82, 2.24) is 14.0 Å². The van der Waals surface area contributed by atoms with Crippen LogP contribution in [0.15, 0.2) is 34.1 Å². The molecule has 10 nitrogen and oxygen atoms in total. The van der Waals surface area contributed by atoms with Gasteiger partial charge in [-0.15, -0.1) is 0 Å². The Hall–Kier alpha value is -3.95. The summed E-state index contributed by atoms with van der Waals surface area (Å²) >= 11 is 0. The number of nitrogens with zero attached hydrogens (tertiary/aromatic N) is 3. The molecule has 0 aliphatic carbocycles. The molecule has 0 amide bonds. The van der Waals surface area contributed by atoms with Gasteiger partial charge in [-0.05, 0) is 58.3 Å². The first kappa shape index (κ1) is 42.1. The third kappa shape index (κ3) is 12.3. The Morgan fingerprint density at radius 2 is 1.17 bits per heavy atom. The van der Waals surface area contributed by atoms with Crippen molar-refractivity contribution in [1.29, 1.82) is 0 Å². The highest BCUT2D eigenvalue weighted by Gasteiger charge is 2.36. The van der Waals surface area contributed by atoms with E-state index >= 15 is 0 Å². The number of aromatic nitrogens is 2. The molecule has 270 valence electrons. The van der Waals surface area contributed by atoms with Gasteiger partial charge in [0.2, 0.25) is 0 Å². The molecule has 16 heteroatoms. The molecule has 2 atom stereocenters. The van der Waals surface area contributed by atoms with Gasteiger partial charge in [0.05, 0.1) is 24.3 Å². The van der Waals surface area contributed by atoms with Crippen molar-refractivity contribution in [3.8, 4) is 0 Å². The van der Waals surface area contributed by atoms with Crippen molar-refractivity contribution in [3.63, 3.8) is 0 Å². The topological polar surface area (TPSA) is 117 Å². The lowest BCUT2D eigenvalue weighted by Gasteiger charge is -2.21. The van der Waals surface area contributed by atoms with E-state index in [-0.39, 0.29) is 37.2 Å². The molecule has 48 heavy (non-hydrogen) atoms. The second-order valence-electron chi connectivity index (χ2n) is 10.9. The number of pyridine rings is 2. The molecule has 0 spiro atoms. The zero-order valence-corrected chi connectivity index (χ0v) is 27.9. The summed E-state index contributed by atoms with van der Waals surface area (Å²) in [6.45, 7) is 7.45. The summed E-state index contributed by atoms with van der Waals surface area (Å²) in [5.74, 6) is -1.29. The molecule has 0 aliphatic rings. The monoisotopic (exact) mass is 695 g/mol. The van der Waals surface area contributed by atoms with E-state index < -0.39 is 65.0 Å². The smallest absolute Gasteiger partial charge is 0.416 e. The second-order valence-corrected chi connectivity index (χ2v) is 10.9. The standard InChI is InChI=1S/C17H25F3N2O3.C15H18F3NO4/c1-5-7-14(16(24)25-6-2)22-11-12(8-9-21(3)4)13(10-15(22)23)17(18,19)20;1-3-5-12(14(22)23-4-2)19-9-10(6-7-20)11(8-13(19)21)15(16,17)18/h10-11,14H,5-9H2,1-4H3;7-9,12H,3-6H2,1-2H3. The van der Waals surface area contributed by atoms with Crippen molar-refractivity contribution in [2.75, 3.05) is 33.9 Å². The molecule has 2 rings (SSSR count). The fraction of sp³-hybridized carbons (Fsp3) is 0.594. The van der Waals surface area contributed by atoms with Crippen LogP contribution in [0.4, 0.5) is 26.3 Å². The van der Waals surface area contributed by atoms with Gasteiger partial charge in [-0.3, -0.25) is 9.59 Å². The Balaban J connectivity index is 0.000000482. The number of likely N-dealkylation sites (N-methyl/N-ethyl adjacent to an activating group) is 1. The Morgan fingerprint density at radius 1 is 0.771 bits per heavy atom. The number of halogens is 6. The molecule has 2 aromatic rings. The first-order chi connectivity index (χ1) is 22.4. The maximum Gasteiger partial charge on any atom is 0.416 e. The quantitative estimate of drug-likeness (QED) is 0.138. The summed E-state index contributed by atoms with van der Waals surface area (Å²) < 4.78 is 90.5. The summed E-state index contributed by atoms with van der Waals surface area (Å²) in [5, 5.41) is 0. The van der Waals surface area contributed by atoms with Crippen LogP contribution in [0.2, 0.25) is 0 Å². The Morgan fingerprint density at radius 3 is 1.50 bits per heavy atom. The second kappa shape index (κ2) is 19.1. The van der Waals surface area contributed by atoms with E-state index in [9.17, 15) is 50.3 Å². The van der Waals surface area contributed by atoms with Gasteiger partial charge in [-0.1, -0.05) is 26.7 Å². The first-order valence-electron chi connectivity index (χ1n) is 15.4. The predicted molar refractivity (Wildman–Crippen MR) is 165 cm³/mol. The Kier molecular flexibility index (Phi) is 16.8. The van der Waals surface area contributed by atoms with Crippen LogP contribution in [0.5, 0.6) is 0 Å². The number of esters is 2. The van der Waals surface area contributed by atoms with E-state index in [4.69, 9.17) is 9.47 Å². The molecule has 0 radical (unpaired) electrons. The van der Waals surface area contributed by atoms with Gasteiger partial charge < -0.3 is 28.3 Å². The zero-order chi connectivity index (χ0) is 36.8. The third-order valence-corrected chi connectivity index (χ3v) is 6.98. The van der Waals surface area contributed by atoms with E-state index in [1.54, 1.807) is 39.8 Å². The van der Waals surface area contributed by atoms with Gasteiger partial charge in [0.15, 0.2) is 0 Å². The highest BCUT2D eigenvalue weighted by molar-refractivity contribution is 5.74. The van der Waals surface area contributed by atoms with Gasteiger partial charge in [0.1, 0.15) is 18.4 Å². The average Bonchev–Trinajstić information content (AvgIpc) is 2.98. The van der Waals surface area contributed by atoms with E-state index in [0.29, 0.717) is 44.2 Å². The van der Waals surface area contributed by atoms with Crippen molar-refractivity contribution in [2.45, 2.75) is 90.7 Å². The third-order valence-electron chi connectivity index (χ3n) is 6.98. The molecule has 0 fully saturated rings. The maximum atomic E-state index is 13.3. The van der Waals surface area contributed by atoms with Crippen LogP contribution in [0.25, 0.3) is 0 Å². The molecule has 0 aliphatic heterocycles. The van der Waals surface area contributed by atoms with Gasteiger partial charge in [0, 0.05) is 37.5 Å². The van der Waals surface area contributed by atoms with Crippen molar-refractivity contribution in [3.05, 3.63) is 67.5 Å². The van der Waals surface area contributed by atoms with E-state index in [1.807, 2.05) is 6.92 Å². The normalized spacial score (nSPS) is 12.9. The molecule has 0 saturated carbocycles. The summed E-state index contributed by atoms with van der Waals surface area (Å²) in [6, 6.07) is -0.939. The van der Waals surface area contributed by atoms with Crippen molar-refractivity contribution >= 4 is 18.2 Å². The number of hydrogen-bond donors (Lipinski definition) is 0. The lowest BCUT2D eigenvalue weighted by atomic mass is 10.0. The minimum atomic E-state index is -4.75. The van der Waals surface area contributed by atoms with Crippen molar-refractivity contribution < 1.29 is 50.2 Å². The van der Waals surface area contributed by atoms with Gasteiger partial charge in [0.25, 0.3) is 11.1 Å². The number of ether oxygens (including phenoxy) is 2. The lowest BCUT2D eigenvalue weighted by Crippen LogP contribution is -2.33. The number of alkyl halides is 6. The van der Waals surface area contributed by atoms with Crippen LogP contribution >= 0.6 is 0 Å². The molecule has 0 bridgehead atoms. The van der Waals surface area contributed by atoms with Gasteiger partial charge in [-0.25, -0.2) is 9.59 Å². The van der Waals surface area contributed by atoms with Crippen LogP contribution in [0.1, 0.15) is 87.7 Å². The maximum absolute atomic E-state index is 13.3. The van der Waals surface area contributed by atoms with Crippen LogP contribution in [0, 0.1) is 0 Å². The van der Waals surface area contributed by atoms with Crippen molar-refractivity contribution in [2.24, 2.45) is 0 Å². The number of aldehydes is 1. The first-order valence-corrected chi connectivity index (χ1v) is 15.4. The molecular weight excluding hydrogens is 652 g/mol. The predicted octanol–water partition coefficient (Wildman–Crippen LogP) is 5.39. The summed E-state index contributed by atoms with van der Waals surface area (Å²) in [7, 11) is 3.50. The van der Waals surface area contributed by atoms with Crippen LogP contribution in [0.3, 0.4) is 0 Å². The Bertz CT molecular complexity index is 1480. The van der Waals surface area contributed by atoms with Crippen LogP contribution < -0.4 is 11.1 Å². The Labute approximate surface area is 274 Å². The molecule has 2 unspecified atom stereocenters. The fourth-order valence-corrected chi connectivity index (χ4v) is 4.76.